The molecule has 0 aliphatic rings. The number of amides is 1. The summed E-state index contributed by atoms with van der Waals surface area (Å²) in [5.74, 6) is -1.02. The zero-order valence-corrected chi connectivity index (χ0v) is 10.1. The van der Waals surface area contributed by atoms with E-state index in [0.717, 1.165) is 5.56 Å². The van der Waals surface area contributed by atoms with E-state index in [4.69, 9.17) is 16.9 Å². The van der Waals surface area contributed by atoms with Gasteiger partial charge in [-0.2, -0.15) is 5.26 Å². The van der Waals surface area contributed by atoms with Crippen LogP contribution in [0.2, 0.25) is 0 Å². The van der Waals surface area contributed by atoms with Gasteiger partial charge in [0.1, 0.15) is 5.92 Å². The molecule has 0 bridgehead atoms. The Balaban J connectivity index is 2.57. The fourth-order valence-corrected chi connectivity index (χ4v) is 1.42. The fourth-order valence-electron chi connectivity index (χ4n) is 1.35. The van der Waals surface area contributed by atoms with Crippen LogP contribution in [0, 0.1) is 17.2 Å². The molecular formula is C13H13ClN2O. The van der Waals surface area contributed by atoms with Crippen molar-refractivity contribution in [1.29, 1.82) is 5.26 Å². The van der Waals surface area contributed by atoms with Gasteiger partial charge in [0.05, 0.1) is 12.6 Å². The minimum atomic E-state index is -0.701. The van der Waals surface area contributed by atoms with Gasteiger partial charge in [0, 0.05) is 5.03 Å². The average molecular weight is 249 g/mol. The Labute approximate surface area is 106 Å². The summed E-state index contributed by atoms with van der Waals surface area (Å²) in [5.41, 5.74) is 0.957. The Morgan fingerprint density at radius 1 is 1.47 bits per heavy atom. The quantitative estimate of drug-likeness (QED) is 0.869. The summed E-state index contributed by atoms with van der Waals surface area (Å²) in [6.45, 7) is 3.65. The van der Waals surface area contributed by atoms with Crippen LogP contribution in [0.15, 0.2) is 41.9 Å². The first-order valence-corrected chi connectivity index (χ1v) is 5.56. The Morgan fingerprint density at radius 2 is 2.12 bits per heavy atom. The molecule has 3 nitrogen and oxygen atoms in total. The van der Waals surface area contributed by atoms with E-state index in [0.29, 0.717) is 11.5 Å². The minimum absolute atomic E-state index is 0.188. The van der Waals surface area contributed by atoms with Gasteiger partial charge in [-0.25, -0.2) is 0 Å². The molecule has 0 spiro atoms. The molecule has 4 heteroatoms. The predicted molar refractivity (Wildman–Crippen MR) is 67.3 cm³/mol. The summed E-state index contributed by atoms with van der Waals surface area (Å²) in [6.07, 6.45) is 0.401. The molecule has 0 radical (unpaired) electrons. The molecular weight excluding hydrogens is 236 g/mol. The second-order valence-corrected chi connectivity index (χ2v) is 4.14. The minimum Gasteiger partial charge on any atom is -0.350 e. The third-order valence-corrected chi connectivity index (χ3v) is 2.34. The van der Waals surface area contributed by atoms with Crippen molar-refractivity contribution in [2.75, 3.05) is 6.54 Å². The maximum atomic E-state index is 11.6. The molecule has 1 amide bonds. The highest BCUT2D eigenvalue weighted by Crippen LogP contribution is 2.08. The van der Waals surface area contributed by atoms with Gasteiger partial charge in [-0.3, -0.25) is 4.79 Å². The molecule has 1 unspecified atom stereocenters. The molecule has 1 atom stereocenters. The molecule has 0 aliphatic heterocycles. The lowest BCUT2D eigenvalue weighted by Crippen LogP contribution is -2.31. The Kier molecular flexibility index (Phi) is 5.25. The van der Waals surface area contributed by atoms with Crippen LogP contribution in [-0.2, 0) is 11.2 Å². The number of benzene rings is 1. The van der Waals surface area contributed by atoms with Crippen LogP contribution in [0.4, 0.5) is 0 Å². The van der Waals surface area contributed by atoms with E-state index in [-0.39, 0.29) is 12.5 Å². The van der Waals surface area contributed by atoms with Crippen molar-refractivity contribution < 1.29 is 4.79 Å². The molecule has 1 N–H and O–H groups in total. The number of nitrogens with zero attached hydrogens (tertiary/aromatic N) is 1. The normalized spacial score (nSPS) is 11.3. The van der Waals surface area contributed by atoms with E-state index in [1.165, 1.54) is 0 Å². The lowest BCUT2D eigenvalue weighted by Gasteiger charge is -2.09. The van der Waals surface area contributed by atoms with Crippen LogP contribution in [0.3, 0.4) is 0 Å². The predicted octanol–water partition coefficient (Wildman–Crippen LogP) is 2.24. The van der Waals surface area contributed by atoms with Gasteiger partial charge >= 0.3 is 0 Å². The first-order valence-electron chi connectivity index (χ1n) is 5.18. The molecule has 0 saturated heterocycles. The number of halogens is 1. The third-order valence-electron chi connectivity index (χ3n) is 2.21. The molecule has 0 saturated carbocycles. The standard InChI is InChI=1S/C13H13ClN2O/c1-10(14)9-16-13(17)12(8-15)7-11-5-3-2-4-6-11/h2-6,12H,1,7,9H2,(H,16,17). The number of nitriles is 1. The monoisotopic (exact) mass is 248 g/mol. The fraction of sp³-hybridized carbons (Fsp3) is 0.231. The van der Waals surface area contributed by atoms with E-state index < -0.39 is 5.92 Å². The van der Waals surface area contributed by atoms with Crippen LogP contribution < -0.4 is 5.32 Å². The first-order chi connectivity index (χ1) is 8.13. The molecule has 17 heavy (non-hydrogen) atoms. The van der Waals surface area contributed by atoms with Crippen LogP contribution in [-0.4, -0.2) is 12.5 Å². The van der Waals surface area contributed by atoms with Gasteiger partial charge in [-0.05, 0) is 12.0 Å². The Bertz CT molecular complexity index is 436. The maximum Gasteiger partial charge on any atom is 0.237 e. The lowest BCUT2D eigenvalue weighted by atomic mass is 10.00. The van der Waals surface area contributed by atoms with Crippen molar-refractivity contribution in [1.82, 2.24) is 5.32 Å². The van der Waals surface area contributed by atoms with Gasteiger partial charge < -0.3 is 5.32 Å². The molecule has 0 aromatic heterocycles. The van der Waals surface area contributed by atoms with Gasteiger partial charge in [0.15, 0.2) is 0 Å². The summed E-state index contributed by atoms with van der Waals surface area (Å²) in [5, 5.41) is 11.9. The molecule has 0 fully saturated rings. The highest BCUT2D eigenvalue weighted by molar-refractivity contribution is 6.29. The van der Waals surface area contributed by atoms with Crippen LogP contribution in [0.1, 0.15) is 5.56 Å². The second-order valence-electron chi connectivity index (χ2n) is 3.61. The van der Waals surface area contributed by atoms with Gasteiger partial charge in [0.2, 0.25) is 5.91 Å². The summed E-state index contributed by atoms with van der Waals surface area (Å²) >= 11 is 5.54. The molecule has 1 aromatic rings. The largest absolute Gasteiger partial charge is 0.350 e. The van der Waals surface area contributed by atoms with Gasteiger partial charge in [-0.15, -0.1) is 0 Å². The number of nitrogens with one attached hydrogen (secondary N) is 1. The van der Waals surface area contributed by atoms with E-state index in [1.54, 1.807) is 0 Å². The van der Waals surface area contributed by atoms with Crippen molar-refractivity contribution in [3.63, 3.8) is 0 Å². The number of carbonyl (C=O) groups is 1. The van der Waals surface area contributed by atoms with E-state index >= 15 is 0 Å². The second kappa shape index (κ2) is 6.72. The van der Waals surface area contributed by atoms with Crippen molar-refractivity contribution in [2.24, 2.45) is 5.92 Å². The first kappa shape index (κ1) is 13.3. The summed E-state index contributed by atoms with van der Waals surface area (Å²) in [6, 6.07) is 11.4. The highest BCUT2D eigenvalue weighted by Gasteiger charge is 2.17. The number of hydrogen-bond acceptors (Lipinski definition) is 2. The number of rotatable bonds is 5. The van der Waals surface area contributed by atoms with Crippen molar-refractivity contribution in [2.45, 2.75) is 6.42 Å². The van der Waals surface area contributed by atoms with Crippen LogP contribution >= 0.6 is 11.6 Å². The van der Waals surface area contributed by atoms with Gasteiger partial charge in [-0.1, -0.05) is 48.5 Å². The van der Waals surface area contributed by atoms with Crippen molar-refractivity contribution in [3.8, 4) is 6.07 Å². The zero-order chi connectivity index (χ0) is 12.7. The Morgan fingerprint density at radius 3 is 2.65 bits per heavy atom. The number of carbonyl (C=O) groups excluding carboxylic acids is 1. The summed E-state index contributed by atoms with van der Waals surface area (Å²) in [7, 11) is 0. The van der Waals surface area contributed by atoms with Gasteiger partial charge in [0.25, 0.3) is 0 Å². The highest BCUT2D eigenvalue weighted by atomic mass is 35.5. The van der Waals surface area contributed by atoms with Crippen molar-refractivity contribution >= 4 is 17.5 Å². The average Bonchev–Trinajstić information content (AvgIpc) is 2.34. The van der Waals surface area contributed by atoms with E-state index in [9.17, 15) is 4.79 Å². The molecule has 88 valence electrons. The van der Waals surface area contributed by atoms with Crippen LogP contribution in [0.5, 0.6) is 0 Å². The number of hydrogen-bond donors (Lipinski definition) is 1. The van der Waals surface area contributed by atoms with E-state index in [2.05, 4.69) is 11.9 Å². The molecule has 1 rings (SSSR count). The zero-order valence-electron chi connectivity index (χ0n) is 9.32. The summed E-state index contributed by atoms with van der Waals surface area (Å²) in [4.78, 5) is 11.6. The Hall–Kier alpha value is -1.79. The molecule has 0 aliphatic carbocycles. The molecule has 1 aromatic carbocycles. The topological polar surface area (TPSA) is 52.9 Å². The summed E-state index contributed by atoms with van der Waals surface area (Å²) < 4.78 is 0. The van der Waals surface area contributed by atoms with Crippen molar-refractivity contribution in [3.05, 3.63) is 47.5 Å². The molecule has 0 heterocycles. The smallest absolute Gasteiger partial charge is 0.237 e. The maximum absolute atomic E-state index is 11.6. The SMILES string of the molecule is C=C(Cl)CNC(=O)C(C#N)Cc1ccccc1. The van der Waals surface area contributed by atoms with Crippen LogP contribution in [0.25, 0.3) is 0 Å². The third kappa shape index (κ3) is 4.71. The lowest BCUT2D eigenvalue weighted by molar-refractivity contribution is -0.123. The van der Waals surface area contributed by atoms with E-state index in [1.807, 2.05) is 36.4 Å².